The van der Waals surface area contributed by atoms with Gasteiger partial charge in [-0.3, -0.25) is 9.78 Å². The summed E-state index contributed by atoms with van der Waals surface area (Å²) in [6.07, 6.45) is 1.93. The molecule has 1 unspecified atom stereocenters. The van der Waals surface area contributed by atoms with Crippen molar-refractivity contribution < 1.29 is 13.2 Å². The fourth-order valence-corrected chi connectivity index (χ4v) is 4.09. The summed E-state index contributed by atoms with van der Waals surface area (Å²) in [6.45, 7) is 0.369. The first-order valence-electron chi connectivity index (χ1n) is 7.16. The van der Waals surface area contributed by atoms with Gasteiger partial charge < -0.3 is 4.90 Å². The highest BCUT2D eigenvalue weighted by Crippen LogP contribution is 2.28. The van der Waals surface area contributed by atoms with E-state index in [0.717, 1.165) is 16.9 Å². The van der Waals surface area contributed by atoms with Gasteiger partial charge in [0, 0.05) is 47.0 Å². The Bertz CT molecular complexity index is 807. The van der Waals surface area contributed by atoms with E-state index in [1.54, 1.807) is 11.1 Å². The first kappa shape index (κ1) is 16.0. The van der Waals surface area contributed by atoms with E-state index in [4.69, 9.17) is 10.7 Å². The summed E-state index contributed by atoms with van der Waals surface area (Å²) in [7, 11) is 1.68. The predicted molar refractivity (Wildman–Crippen MR) is 89.8 cm³/mol. The predicted octanol–water partition coefficient (Wildman–Crippen LogP) is 2.67. The van der Waals surface area contributed by atoms with Gasteiger partial charge in [0.25, 0.3) is 0 Å². The lowest BCUT2D eigenvalue weighted by Crippen LogP contribution is -2.25. The third kappa shape index (κ3) is 3.89. The number of carbonyl (C=O) groups is 1. The Morgan fingerprint density at radius 1 is 1.17 bits per heavy atom. The molecule has 0 radical (unpaired) electrons. The van der Waals surface area contributed by atoms with Gasteiger partial charge in [0.05, 0.1) is 11.4 Å². The van der Waals surface area contributed by atoms with Crippen LogP contribution in [0.3, 0.4) is 0 Å². The number of rotatable bonds is 4. The summed E-state index contributed by atoms with van der Waals surface area (Å²) in [5.41, 5.74) is 2.57. The van der Waals surface area contributed by atoms with Crippen LogP contribution in [0.5, 0.6) is 0 Å². The summed E-state index contributed by atoms with van der Waals surface area (Å²) in [4.78, 5) is 18.0. The molecule has 2 aromatic rings. The number of amides is 1. The summed E-state index contributed by atoms with van der Waals surface area (Å²) in [6, 6.07) is 13.2. The molecule has 1 atom stereocenters. The Hall–Kier alpha value is -1.92. The Morgan fingerprint density at radius 3 is 2.52 bits per heavy atom. The smallest absolute Gasteiger partial charge is 0.232 e. The standard InChI is InChI=1S/C16H15ClN2O3S/c17-23(21,22)11-12-9-16(20)19(10-12)14-6-4-13(5-7-14)15-3-1-2-8-18-15/h1-8,12H,9-11H2. The van der Waals surface area contributed by atoms with E-state index >= 15 is 0 Å². The molecule has 23 heavy (non-hydrogen) atoms. The third-order valence-corrected chi connectivity index (χ3v) is 5.03. The number of benzene rings is 1. The molecule has 0 aliphatic carbocycles. The molecule has 1 amide bonds. The van der Waals surface area contributed by atoms with Gasteiger partial charge in [-0.15, -0.1) is 0 Å². The molecule has 1 saturated heterocycles. The molecule has 0 saturated carbocycles. The molecule has 2 heterocycles. The molecule has 0 spiro atoms. The van der Waals surface area contributed by atoms with Gasteiger partial charge in [0.2, 0.25) is 15.0 Å². The second kappa shape index (κ2) is 6.29. The lowest BCUT2D eigenvalue weighted by atomic mass is 10.1. The van der Waals surface area contributed by atoms with E-state index in [1.807, 2.05) is 42.5 Å². The zero-order chi connectivity index (χ0) is 16.4. The first-order chi connectivity index (χ1) is 10.9. The molecule has 1 aromatic heterocycles. The zero-order valence-electron chi connectivity index (χ0n) is 12.2. The second-order valence-corrected chi connectivity index (χ2v) is 8.36. The SMILES string of the molecule is O=C1CC(CS(=O)(=O)Cl)CN1c1ccc(-c2ccccn2)cc1. The van der Waals surface area contributed by atoms with Crippen LogP contribution in [0.4, 0.5) is 5.69 Å². The molecular weight excluding hydrogens is 336 g/mol. The monoisotopic (exact) mass is 350 g/mol. The molecule has 3 rings (SSSR count). The molecule has 1 aromatic carbocycles. The average Bonchev–Trinajstić information content (AvgIpc) is 2.87. The summed E-state index contributed by atoms with van der Waals surface area (Å²) >= 11 is 0. The van der Waals surface area contributed by atoms with E-state index in [1.165, 1.54) is 0 Å². The number of carbonyl (C=O) groups excluding carboxylic acids is 1. The number of halogens is 1. The van der Waals surface area contributed by atoms with Crippen LogP contribution in [0.25, 0.3) is 11.3 Å². The zero-order valence-corrected chi connectivity index (χ0v) is 13.8. The average molecular weight is 351 g/mol. The van der Waals surface area contributed by atoms with E-state index in [-0.39, 0.29) is 24.0 Å². The van der Waals surface area contributed by atoms with Gasteiger partial charge in [0.1, 0.15) is 0 Å². The molecule has 5 nitrogen and oxygen atoms in total. The quantitative estimate of drug-likeness (QED) is 0.795. The minimum absolute atomic E-state index is 0.0825. The van der Waals surface area contributed by atoms with Crippen molar-refractivity contribution >= 4 is 31.3 Å². The van der Waals surface area contributed by atoms with Crippen LogP contribution in [-0.2, 0) is 13.8 Å². The number of hydrogen-bond donors (Lipinski definition) is 0. The molecule has 7 heteroatoms. The highest BCUT2D eigenvalue weighted by Gasteiger charge is 2.33. The second-order valence-electron chi connectivity index (χ2n) is 5.54. The highest BCUT2D eigenvalue weighted by molar-refractivity contribution is 8.13. The van der Waals surface area contributed by atoms with Crippen LogP contribution in [0, 0.1) is 5.92 Å². The van der Waals surface area contributed by atoms with Crippen molar-refractivity contribution in [2.75, 3.05) is 17.2 Å². The number of anilines is 1. The number of nitrogens with zero attached hydrogens (tertiary/aromatic N) is 2. The Balaban J connectivity index is 1.76. The normalized spacial score (nSPS) is 18.4. The van der Waals surface area contributed by atoms with Crippen LogP contribution in [0.15, 0.2) is 48.7 Å². The van der Waals surface area contributed by atoms with Crippen molar-refractivity contribution in [2.45, 2.75) is 6.42 Å². The molecule has 1 aliphatic rings. The van der Waals surface area contributed by atoms with Crippen LogP contribution >= 0.6 is 10.7 Å². The first-order valence-corrected chi connectivity index (χ1v) is 9.64. The number of aromatic nitrogens is 1. The van der Waals surface area contributed by atoms with Gasteiger partial charge >= 0.3 is 0 Å². The lowest BCUT2D eigenvalue weighted by Gasteiger charge is -2.17. The van der Waals surface area contributed by atoms with Gasteiger partial charge in [0.15, 0.2) is 0 Å². The lowest BCUT2D eigenvalue weighted by molar-refractivity contribution is -0.117. The molecule has 0 bridgehead atoms. The Kier molecular flexibility index (Phi) is 4.37. The van der Waals surface area contributed by atoms with E-state index < -0.39 is 9.05 Å². The van der Waals surface area contributed by atoms with Crippen molar-refractivity contribution in [3.8, 4) is 11.3 Å². The van der Waals surface area contributed by atoms with E-state index in [2.05, 4.69) is 4.98 Å². The largest absolute Gasteiger partial charge is 0.312 e. The van der Waals surface area contributed by atoms with Crippen molar-refractivity contribution in [2.24, 2.45) is 5.92 Å². The van der Waals surface area contributed by atoms with Gasteiger partial charge in [-0.05, 0) is 24.3 Å². The maximum absolute atomic E-state index is 12.1. The van der Waals surface area contributed by atoms with E-state index in [0.29, 0.717) is 6.54 Å². The summed E-state index contributed by atoms with van der Waals surface area (Å²) in [5, 5.41) is 0. The van der Waals surface area contributed by atoms with Crippen molar-refractivity contribution in [1.29, 1.82) is 0 Å². The maximum Gasteiger partial charge on any atom is 0.232 e. The topological polar surface area (TPSA) is 67.3 Å². The van der Waals surface area contributed by atoms with Crippen molar-refractivity contribution in [3.63, 3.8) is 0 Å². The number of pyridine rings is 1. The minimum Gasteiger partial charge on any atom is -0.312 e. The number of hydrogen-bond acceptors (Lipinski definition) is 4. The van der Waals surface area contributed by atoms with Gasteiger partial charge in [-0.1, -0.05) is 18.2 Å². The maximum atomic E-state index is 12.1. The van der Waals surface area contributed by atoms with Gasteiger partial charge in [-0.2, -0.15) is 0 Å². The molecule has 120 valence electrons. The van der Waals surface area contributed by atoms with Crippen molar-refractivity contribution in [3.05, 3.63) is 48.7 Å². The van der Waals surface area contributed by atoms with Crippen molar-refractivity contribution in [1.82, 2.24) is 4.98 Å². The minimum atomic E-state index is -3.59. The van der Waals surface area contributed by atoms with Crippen LogP contribution in [0.1, 0.15) is 6.42 Å². The Morgan fingerprint density at radius 2 is 1.91 bits per heavy atom. The summed E-state index contributed by atoms with van der Waals surface area (Å²) < 4.78 is 22.3. The van der Waals surface area contributed by atoms with Crippen LogP contribution in [0.2, 0.25) is 0 Å². The summed E-state index contributed by atoms with van der Waals surface area (Å²) in [5.74, 6) is -0.524. The van der Waals surface area contributed by atoms with Gasteiger partial charge in [-0.25, -0.2) is 8.42 Å². The fourth-order valence-electron chi connectivity index (χ4n) is 2.77. The van der Waals surface area contributed by atoms with E-state index in [9.17, 15) is 13.2 Å². The third-order valence-electron chi connectivity index (χ3n) is 3.78. The van der Waals surface area contributed by atoms with Crippen LogP contribution < -0.4 is 4.90 Å². The van der Waals surface area contributed by atoms with Crippen LogP contribution in [-0.4, -0.2) is 31.6 Å². The molecular formula is C16H15ClN2O3S. The fraction of sp³-hybridized carbons (Fsp3) is 0.250. The highest BCUT2D eigenvalue weighted by atomic mass is 35.7. The Labute approximate surface area is 139 Å². The molecule has 1 aliphatic heterocycles. The molecule has 1 fully saturated rings. The molecule has 0 N–H and O–H groups in total.